The highest BCUT2D eigenvalue weighted by Gasteiger charge is 2.21. The number of rotatable bonds is 9. The summed E-state index contributed by atoms with van der Waals surface area (Å²) in [6.07, 6.45) is 5.28. The van der Waals surface area contributed by atoms with Gasteiger partial charge < -0.3 is 15.0 Å². The molecule has 0 heterocycles. The number of likely N-dealkylation sites (N-methyl/N-ethyl adjacent to an activating group) is 1. The molecule has 0 atom stereocenters. The van der Waals surface area contributed by atoms with Crippen molar-refractivity contribution >= 4 is 0 Å². The van der Waals surface area contributed by atoms with Crippen LogP contribution in [0.1, 0.15) is 38.2 Å². The summed E-state index contributed by atoms with van der Waals surface area (Å²) in [7, 11) is 2.20. The third-order valence-corrected chi connectivity index (χ3v) is 4.09. The standard InChI is InChI=1S/C17H28N2O/c1-3-11-18-14-15-7-9-17(10-8-15)20-13-12-19(2)16-5-4-6-16/h7-10,16,18H,3-6,11-14H2,1-2H3. The molecule has 0 aromatic heterocycles. The second-order valence-electron chi connectivity index (χ2n) is 5.73. The van der Waals surface area contributed by atoms with Crippen LogP contribution in [0.25, 0.3) is 0 Å². The molecule has 3 heteroatoms. The van der Waals surface area contributed by atoms with E-state index in [1.165, 1.54) is 31.2 Å². The molecule has 0 amide bonds. The lowest BCUT2D eigenvalue weighted by Crippen LogP contribution is -2.39. The molecule has 0 radical (unpaired) electrons. The summed E-state index contributed by atoms with van der Waals surface area (Å²) in [4.78, 5) is 2.42. The summed E-state index contributed by atoms with van der Waals surface area (Å²) in [6.45, 7) is 6.00. The minimum absolute atomic E-state index is 0.778. The fourth-order valence-electron chi connectivity index (χ4n) is 2.43. The van der Waals surface area contributed by atoms with Crippen molar-refractivity contribution in [3.05, 3.63) is 29.8 Å². The number of nitrogens with one attached hydrogen (secondary N) is 1. The SMILES string of the molecule is CCCNCc1ccc(OCCN(C)C2CCC2)cc1. The van der Waals surface area contributed by atoms with Crippen LogP contribution in [0, 0.1) is 0 Å². The molecule has 1 aromatic carbocycles. The lowest BCUT2D eigenvalue weighted by molar-refractivity contribution is 0.135. The van der Waals surface area contributed by atoms with E-state index in [2.05, 4.69) is 48.5 Å². The van der Waals surface area contributed by atoms with Gasteiger partial charge in [0.2, 0.25) is 0 Å². The molecule has 3 nitrogen and oxygen atoms in total. The van der Waals surface area contributed by atoms with Gasteiger partial charge in [0.25, 0.3) is 0 Å². The summed E-state index contributed by atoms with van der Waals surface area (Å²) in [5.74, 6) is 0.978. The average molecular weight is 276 g/mol. The predicted octanol–water partition coefficient (Wildman–Crippen LogP) is 3.05. The molecule has 20 heavy (non-hydrogen) atoms. The summed E-state index contributed by atoms with van der Waals surface area (Å²) >= 11 is 0. The first-order valence-electron chi connectivity index (χ1n) is 7.92. The van der Waals surface area contributed by atoms with E-state index < -0.39 is 0 Å². The van der Waals surface area contributed by atoms with Crippen LogP contribution in [-0.2, 0) is 6.54 Å². The zero-order chi connectivity index (χ0) is 14.2. The molecule has 2 rings (SSSR count). The van der Waals surface area contributed by atoms with Crippen LogP contribution in [0.4, 0.5) is 0 Å². The van der Waals surface area contributed by atoms with Gasteiger partial charge in [-0.3, -0.25) is 0 Å². The van der Waals surface area contributed by atoms with Crippen LogP contribution in [0.15, 0.2) is 24.3 Å². The normalized spacial score (nSPS) is 15.3. The van der Waals surface area contributed by atoms with Crippen molar-refractivity contribution < 1.29 is 4.74 Å². The first-order valence-corrected chi connectivity index (χ1v) is 7.92. The Labute approximate surface area is 123 Å². The third kappa shape index (κ3) is 4.80. The summed E-state index contributed by atoms with van der Waals surface area (Å²) in [6, 6.07) is 9.24. The summed E-state index contributed by atoms with van der Waals surface area (Å²) in [5, 5.41) is 3.41. The van der Waals surface area contributed by atoms with Crippen LogP contribution in [0.3, 0.4) is 0 Å². The topological polar surface area (TPSA) is 24.5 Å². The van der Waals surface area contributed by atoms with Crippen LogP contribution < -0.4 is 10.1 Å². The van der Waals surface area contributed by atoms with E-state index in [0.29, 0.717) is 0 Å². The molecular weight excluding hydrogens is 248 g/mol. The average Bonchev–Trinajstić information content (AvgIpc) is 2.39. The molecule has 0 spiro atoms. The Kier molecular flexibility index (Phi) is 6.34. The van der Waals surface area contributed by atoms with E-state index in [4.69, 9.17) is 4.74 Å². The molecule has 112 valence electrons. The third-order valence-electron chi connectivity index (χ3n) is 4.09. The van der Waals surface area contributed by atoms with Gasteiger partial charge in [0.1, 0.15) is 12.4 Å². The Morgan fingerprint density at radius 2 is 2.00 bits per heavy atom. The number of hydrogen-bond acceptors (Lipinski definition) is 3. The molecule has 1 saturated carbocycles. The van der Waals surface area contributed by atoms with Gasteiger partial charge in [0.15, 0.2) is 0 Å². The van der Waals surface area contributed by atoms with Crippen molar-refractivity contribution in [2.75, 3.05) is 26.7 Å². The second kappa shape index (κ2) is 8.28. The van der Waals surface area contributed by atoms with E-state index in [0.717, 1.165) is 38.0 Å². The van der Waals surface area contributed by atoms with Gasteiger partial charge in [-0.15, -0.1) is 0 Å². The molecule has 1 aliphatic rings. The number of benzene rings is 1. The fraction of sp³-hybridized carbons (Fsp3) is 0.647. The zero-order valence-corrected chi connectivity index (χ0v) is 12.9. The van der Waals surface area contributed by atoms with Crippen LogP contribution in [0.2, 0.25) is 0 Å². The molecule has 1 aliphatic carbocycles. The largest absolute Gasteiger partial charge is 0.492 e. The Bertz CT molecular complexity index is 373. The van der Waals surface area contributed by atoms with Gasteiger partial charge in [0, 0.05) is 19.1 Å². The molecule has 1 aromatic rings. The molecule has 0 unspecified atom stereocenters. The molecule has 0 bridgehead atoms. The van der Waals surface area contributed by atoms with E-state index in [1.807, 2.05) is 0 Å². The quantitative estimate of drug-likeness (QED) is 0.702. The first kappa shape index (κ1) is 15.3. The summed E-state index contributed by atoms with van der Waals surface area (Å²) < 4.78 is 5.81. The fourth-order valence-corrected chi connectivity index (χ4v) is 2.43. The van der Waals surface area contributed by atoms with Crippen LogP contribution in [-0.4, -0.2) is 37.7 Å². The van der Waals surface area contributed by atoms with E-state index >= 15 is 0 Å². The Morgan fingerprint density at radius 3 is 2.60 bits per heavy atom. The predicted molar refractivity (Wildman–Crippen MR) is 84.2 cm³/mol. The van der Waals surface area contributed by atoms with Crippen molar-refractivity contribution in [3.8, 4) is 5.75 Å². The minimum Gasteiger partial charge on any atom is -0.492 e. The van der Waals surface area contributed by atoms with Gasteiger partial charge in [-0.25, -0.2) is 0 Å². The summed E-state index contributed by atoms with van der Waals surface area (Å²) in [5.41, 5.74) is 1.32. The van der Waals surface area contributed by atoms with Gasteiger partial charge in [0.05, 0.1) is 0 Å². The molecule has 1 N–H and O–H groups in total. The Morgan fingerprint density at radius 1 is 1.25 bits per heavy atom. The molecule has 0 aliphatic heterocycles. The van der Waals surface area contributed by atoms with E-state index in [-0.39, 0.29) is 0 Å². The van der Waals surface area contributed by atoms with Crippen molar-refractivity contribution in [2.45, 2.75) is 45.2 Å². The van der Waals surface area contributed by atoms with Crippen molar-refractivity contribution in [3.63, 3.8) is 0 Å². The van der Waals surface area contributed by atoms with E-state index in [1.54, 1.807) is 0 Å². The number of nitrogens with zero attached hydrogens (tertiary/aromatic N) is 1. The first-order chi connectivity index (χ1) is 9.79. The highest BCUT2D eigenvalue weighted by molar-refractivity contribution is 5.27. The Balaban J connectivity index is 1.65. The van der Waals surface area contributed by atoms with Gasteiger partial charge in [-0.05, 0) is 50.6 Å². The smallest absolute Gasteiger partial charge is 0.119 e. The zero-order valence-electron chi connectivity index (χ0n) is 12.9. The van der Waals surface area contributed by atoms with Gasteiger partial charge >= 0.3 is 0 Å². The van der Waals surface area contributed by atoms with Crippen LogP contribution >= 0.6 is 0 Å². The van der Waals surface area contributed by atoms with Crippen molar-refractivity contribution in [1.29, 1.82) is 0 Å². The minimum atomic E-state index is 0.778. The van der Waals surface area contributed by atoms with E-state index in [9.17, 15) is 0 Å². The maximum absolute atomic E-state index is 5.81. The van der Waals surface area contributed by atoms with Gasteiger partial charge in [-0.1, -0.05) is 25.5 Å². The van der Waals surface area contributed by atoms with Crippen molar-refractivity contribution in [2.24, 2.45) is 0 Å². The molecule has 0 saturated heterocycles. The number of ether oxygens (including phenoxy) is 1. The second-order valence-corrected chi connectivity index (χ2v) is 5.73. The lowest BCUT2D eigenvalue weighted by atomic mass is 9.92. The Hall–Kier alpha value is -1.06. The highest BCUT2D eigenvalue weighted by atomic mass is 16.5. The lowest BCUT2D eigenvalue weighted by Gasteiger charge is -2.34. The van der Waals surface area contributed by atoms with Crippen LogP contribution in [0.5, 0.6) is 5.75 Å². The highest BCUT2D eigenvalue weighted by Crippen LogP contribution is 2.23. The maximum Gasteiger partial charge on any atom is 0.119 e. The maximum atomic E-state index is 5.81. The monoisotopic (exact) mass is 276 g/mol. The van der Waals surface area contributed by atoms with Crippen molar-refractivity contribution in [1.82, 2.24) is 10.2 Å². The van der Waals surface area contributed by atoms with Gasteiger partial charge in [-0.2, -0.15) is 0 Å². The molecular formula is C17H28N2O. The molecule has 1 fully saturated rings. The number of hydrogen-bond donors (Lipinski definition) is 1.